The molecule has 0 spiro atoms. The van der Waals surface area contributed by atoms with Gasteiger partial charge in [-0.1, -0.05) is 0 Å². The number of rotatable bonds is 8. The van der Waals surface area contributed by atoms with Crippen LogP contribution >= 0.6 is 0 Å². The van der Waals surface area contributed by atoms with E-state index in [0.29, 0.717) is 30.9 Å². The van der Waals surface area contributed by atoms with E-state index in [9.17, 15) is 4.79 Å². The highest BCUT2D eigenvalue weighted by Gasteiger charge is 2.25. The number of carbonyl (C=O) groups is 1. The summed E-state index contributed by atoms with van der Waals surface area (Å²) >= 11 is 0. The molecule has 2 N–H and O–H groups in total. The molecule has 7 nitrogen and oxygen atoms in total. The zero-order valence-electron chi connectivity index (χ0n) is 17.8. The average Bonchev–Trinajstić information content (AvgIpc) is 2.74. The molecule has 0 bridgehead atoms. The summed E-state index contributed by atoms with van der Waals surface area (Å²) in [5, 5.41) is 0. The van der Waals surface area contributed by atoms with E-state index in [-0.39, 0.29) is 5.97 Å². The number of nitrogens with zero attached hydrogens (tertiary/aromatic N) is 2. The summed E-state index contributed by atoms with van der Waals surface area (Å²) in [6.07, 6.45) is 4.56. The quantitative estimate of drug-likeness (QED) is 0.526. The molecule has 29 heavy (non-hydrogen) atoms. The van der Waals surface area contributed by atoms with Crippen LogP contribution in [0.15, 0.2) is 18.2 Å². The predicted octanol–water partition coefficient (Wildman–Crippen LogP) is 2.54. The van der Waals surface area contributed by atoms with Gasteiger partial charge >= 0.3 is 5.97 Å². The van der Waals surface area contributed by atoms with E-state index in [1.54, 1.807) is 7.11 Å². The number of ether oxygens (including phenoxy) is 3. The zero-order valence-corrected chi connectivity index (χ0v) is 17.8. The van der Waals surface area contributed by atoms with Gasteiger partial charge in [-0.3, -0.25) is 9.69 Å². The van der Waals surface area contributed by atoms with Crippen molar-refractivity contribution in [2.75, 3.05) is 63.7 Å². The molecule has 1 aromatic carbocycles. The Labute approximate surface area is 174 Å². The summed E-state index contributed by atoms with van der Waals surface area (Å²) in [5.41, 5.74) is 7.77. The number of hydrogen-bond donors (Lipinski definition) is 1. The molecule has 0 saturated carbocycles. The summed E-state index contributed by atoms with van der Waals surface area (Å²) in [5.74, 6) is 1.22. The third-order valence-electron chi connectivity index (χ3n) is 5.96. The van der Waals surface area contributed by atoms with Crippen molar-refractivity contribution in [3.05, 3.63) is 18.2 Å². The SMILES string of the molecule is CCOC(=O)CN1CCC(OCC2CCN(c3ccc(N)c(OC)c3)CC2)CC1. The largest absolute Gasteiger partial charge is 0.495 e. The molecule has 0 unspecified atom stereocenters. The van der Waals surface area contributed by atoms with Crippen LogP contribution in [0.4, 0.5) is 11.4 Å². The normalized spacial score (nSPS) is 19.3. The Balaban J connectivity index is 1.35. The molecule has 2 aliphatic rings. The van der Waals surface area contributed by atoms with Crippen molar-refractivity contribution in [2.24, 2.45) is 5.92 Å². The summed E-state index contributed by atoms with van der Waals surface area (Å²) in [4.78, 5) is 16.2. The van der Waals surface area contributed by atoms with Gasteiger partial charge in [0.15, 0.2) is 0 Å². The van der Waals surface area contributed by atoms with E-state index in [1.807, 2.05) is 19.1 Å². The van der Waals surface area contributed by atoms with E-state index < -0.39 is 0 Å². The molecule has 7 heteroatoms. The van der Waals surface area contributed by atoms with Gasteiger partial charge in [0, 0.05) is 44.5 Å². The fourth-order valence-corrected chi connectivity index (χ4v) is 4.15. The smallest absolute Gasteiger partial charge is 0.320 e. The van der Waals surface area contributed by atoms with E-state index in [2.05, 4.69) is 15.9 Å². The molecular weight excluding hydrogens is 370 g/mol. The number of hydrogen-bond acceptors (Lipinski definition) is 7. The molecular formula is C22H35N3O4. The number of likely N-dealkylation sites (tertiary alicyclic amines) is 1. The molecule has 2 heterocycles. The molecule has 0 aliphatic carbocycles. The van der Waals surface area contributed by atoms with Crippen molar-refractivity contribution in [3.8, 4) is 5.75 Å². The Morgan fingerprint density at radius 2 is 1.86 bits per heavy atom. The van der Waals surface area contributed by atoms with Crippen LogP contribution in [0.1, 0.15) is 32.6 Å². The lowest BCUT2D eigenvalue weighted by atomic mass is 9.97. The molecule has 0 amide bonds. The Morgan fingerprint density at radius 3 is 2.52 bits per heavy atom. The van der Waals surface area contributed by atoms with Gasteiger partial charge in [0.05, 0.1) is 32.1 Å². The van der Waals surface area contributed by atoms with Crippen molar-refractivity contribution in [1.82, 2.24) is 4.90 Å². The molecule has 1 aromatic rings. The fourth-order valence-electron chi connectivity index (χ4n) is 4.15. The fraction of sp³-hybridized carbons (Fsp3) is 0.682. The number of methoxy groups -OCH3 is 1. The number of nitrogens with two attached hydrogens (primary N) is 1. The third kappa shape index (κ3) is 6.24. The van der Waals surface area contributed by atoms with Crippen LogP contribution in [0.5, 0.6) is 5.75 Å². The summed E-state index contributed by atoms with van der Waals surface area (Å²) in [6.45, 7) is 7.38. The van der Waals surface area contributed by atoms with Gasteiger partial charge in [0.2, 0.25) is 0 Å². The van der Waals surface area contributed by atoms with Gasteiger partial charge in [-0.25, -0.2) is 0 Å². The Bertz CT molecular complexity index is 653. The Hall–Kier alpha value is -1.99. The van der Waals surface area contributed by atoms with Crippen LogP contribution < -0.4 is 15.4 Å². The van der Waals surface area contributed by atoms with Crippen molar-refractivity contribution < 1.29 is 19.0 Å². The minimum absolute atomic E-state index is 0.127. The van der Waals surface area contributed by atoms with Crippen LogP contribution in [0.3, 0.4) is 0 Å². The molecule has 2 saturated heterocycles. The second-order valence-electron chi connectivity index (χ2n) is 7.97. The van der Waals surface area contributed by atoms with E-state index >= 15 is 0 Å². The Kier molecular flexibility index (Phi) is 8.00. The first-order valence-corrected chi connectivity index (χ1v) is 10.8. The van der Waals surface area contributed by atoms with Gasteiger partial charge in [-0.15, -0.1) is 0 Å². The first-order valence-electron chi connectivity index (χ1n) is 10.8. The van der Waals surface area contributed by atoms with Crippen LogP contribution in [0, 0.1) is 5.92 Å². The van der Waals surface area contributed by atoms with Gasteiger partial charge in [0.1, 0.15) is 5.75 Å². The minimum atomic E-state index is -0.127. The first kappa shape index (κ1) is 21.7. The molecule has 3 rings (SSSR count). The van der Waals surface area contributed by atoms with Crippen molar-refractivity contribution in [3.63, 3.8) is 0 Å². The van der Waals surface area contributed by atoms with Gasteiger partial charge < -0.3 is 24.8 Å². The molecule has 162 valence electrons. The molecule has 2 fully saturated rings. The molecule has 0 aromatic heterocycles. The number of piperidine rings is 2. The number of anilines is 2. The molecule has 0 atom stereocenters. The van der Waals surface area contributed by atoms with Crippen LogP contribution in [0.2, 0.25) is 0 Å². The lowest BCUT2D eigenvalue weighted by molar-refractivity contribution is -0.145. The number of esters is 1. The monoisotopic (exact) mass is 405 g/mol. The zero-order chi connectivity index (χ0) is 20.6. The highest BCUT2D eigenvalue weighted by molar-refractivity contribution is 5.71. The topological polar surface area (TPSA) is 77.3 Å². The minimum Gasteiger partial charge on any atom is -0.495 e. The van der Waals surface area contributed by atoms with Crippen molar-refractivity contribution in [1.29, 1.82) is 0 Å². The molecule has 2 aliphatic heterocycles. The van der Waals surface area contributed by atoms with Crippen LogP contribution in [-0.4, -0.2) is 70.0 Å². The standard InChI is InChI=1S/C22H35N3O4/c1-3-28-22(26)15-24-10-8-19(9-11-24)29-16-17-6-12-25(13-7-17)18-4-5-20(23)21(14-18)27-2/h4-5,14,17,19H,3,6-13,15-16,23H2,1-2H3. The maximum absolute atomic E-state index is 11.6. The van der Waals surface area contributed by atoms with Crippen molar-refractivity contribution in [2.45, 2.75) is 38.7 Å². The highest BCUT2D eigenvalue weighted by Crippen LogP contribution is 2.30. The second-order valence-corrected chi connectivity index (χ2v) is 7.97. The van der Waals surface area contributed by atoms with E-state index in [0.717, 1.165) is 64.2 Å². The van der Waals surface area contributed by atoms with Gasteiger partial charge in [-0.2, -0.15) is 0 Å². The highest BCUT2D eigenvalue weighted by atomic mass is 16.5. The second kappa shape index (κ2) is 10.7. The van der Waals surface area contributed by atoms with Crippen LogP contribution in [-0.2, 0) is 14.3 Å². The maximum Gasteiger partial charge on any atom is 0.320 e. The Morgan fingerprint density at radius 1 is 1.14 bits per heavy atom. The van der Waals surface area contributed by atoms with Gasteiger partial charge in [0.25, 0.3) is 0 Å². The third-order valence-corrected chi connectivity index (χ3v) is 5.96. The lowest BCUT2D eigenvalue weighted by Crippen LogP contribution is -2.41. The summed E-state index contributed by atoms with van der Waals surface area (Å²) < 4.78 is 16.6. The van der Waals surface area contributed by atoms with Gasteiger partial charge in [-0.05, 0) is 50.7 Å². The first-order chi connectivity index (χ1) is 14.1. The maximum atomic E-state index is 11.6. The van der Waals surface area contributed by atoms with E-state index in [1.165, 1.54) is 5.69 Å². The average molecular weight is 406 g/mol. The number of nitrogen functional groups attached to an aromatic ring is 1. The van der Waals surface area contributed by atoms with E-state index in [4.69, 9.17) is 19.9 Å². The number of carbonyl (C=O) groups excluding carboxylic acids is 1. The summed E-state index contributed by atoms with van der Waals surface area (Å²) in [6, 6.07) is 6.01. The predicted molar refractivity (Wildman–Crippen MR) is 114 cm³/mol. The van der Waals surface area contributed by atoms with Crippen LogP contribution in [0.25, 0.3) is 0 Å². The summed E-state index contributed by atoms with van der Waals surface area (Å²) in [7, 11) is 1.65. The molecule has 0 radical (unpaired) electrons. The number of benzene rings is 1. The van der Waals surface area contributed by atoms with Crippen molar-refractivity contribution >= 4 is 17.3 Å². The lowest BCUT2D eigenvalue weighted by Gasteiger charge is -2.35.